The Morgan fingerprint density at radius 1 is 1.07 bits per heavy atom. The summed E-state index contributed by atoms with van der Waals surface area (Å²) in [6, 6.07) is 14.3. The molecular formula is C19H17BrN4O3S. The van der Waals surface area contributed by atoms with Gasteiger partial charge in [0.25, 0.3) is 11.5 Å². The van der Waals surface area contributed by atoms with Crippen LogP contribution in [0.2, 0.25) is 0 Å². The van der Waals surface area contributed by atoms with E-state index < -0.39 is 5.91 Å². The second kappa shape index (κ2) is 9.03. The molecule has 0 saturated heterocycles. The van der Waals surface area contributed by atoms with Crippen molar-refractivity contribution in [2.75, 3.05) is 5.75 Å². The summed E-state index contributed by atoms with van der Waals surface area (Å²) in [7, 11) is 0. The smallest absolute Gasteiger partial charge is 0.272 e. The second-order valence-corrected chi connectivity index (χ2v) is 7.72. The molecule has 0 spiro atoms. The summed E-state index contributed by atoms with van der Waals surface area (Å²) in [6.07, 6.45) is 0. The summed E-state index contributed by atoms with van der Waals surface area (Å²) in [6.45, 7) is 2.10. The molecule has 3 rings (SSSR count). The molecule has 0 radical (unpaired) electrons. The van der Waals surface area contributed by atoms with E-state index in [2.05, 4.69) is 31.9 Å². The summed E-state index contributed by atoms with van der Waals surface area (Å²) in [5, 5.41) is 4.97. The molecular weight excluding hydrogens is 444 g/mol. The number of aryl methyl sites for hydroxylation is 1. The zero-order valence-electron chi connectivity index (χ0n) is 14.9. The molecule has 1 heterocycles. The number of hydrazine groups is 1. The summed E-state index contributed by atoms with van der Waals surface area (Å²) in [4.78, 5) is 37.8. The number of halogens is 1. The van der Waals surface area contributed by atoms with Crippen molar-refractivity contribution in [3.8, 4) is 0 Å². The van der Waals surface area contributed by atoms with E-state index in [0.717, 1.165) is 9.37 Å². The largest absolute Gasteiger partial charge is 0.290 e. The fourth-order valence-corrected chi connectivity index (χ4v) is 3.48. The first-order valence-electron chi connectivity index (χ1n) is 8.47. The number of carbonyl (C=O) groups excluding carboxylic acids is 2. The number of fused-ring (bicyclic) bond motifs is 1. The molecule has 0 aliphatic rings. The number of thioether (sulfide) groups is 1. The van der Waals surface area contributed by atoms with E-state index in [9.17, 15) is 14.4 Å². The molecule has 1 aromatic heterocycles. The van der Waals surface area contributed by atoms with Gasteiger partial charge in [-0.15, -0.1) is 11.8 Å². The van der Waals surface area contributed by atoms with Crippen LogP contribution >= 0.6 is 27.7 Å². The maximum atomic E-state index is 12.5. The number of nitrogens with zero attached hydrogens (tertiary/aromatic N) is 2. The predicted octanol–water partition coefficient (Wildman–Crippen LogP) is 2.73. The summed E-state index contributed by atoms with van der Waals surface area (Å²) in [5.74, 6) is -0.792. The lowest BCUT2D eigenvalue weighted by molar-refractivity contribution is -0.119. The van der Waals surface area contributed by atoms with Crippen LogP contribution in [-0.4, -0.2) is 27.3 Å². The molecule has 3 aromatic rings. The maximum absolute atomic E-state index is 12.5. The van der Waals surface area contributed by atoms with Crippen LogP contribution < -0.4 is 16.4 Å². The standard InChI is InChI=1S/C19H17BrN4O3S/c1-2-24-19(27)15-6-4-3-5-14(15)17(23-24)18(26)22-21-16(25)11-28-13-9-7-12(20)8-10-13/h3-10H,2,11H2,1H3,(H,21,25)(H,22,26). The van der Waals surface area contributed by atoms with Gasteiger partial charge in [0.15, 0.2) is 5.69 Å². The number of carbonyl (C=O) groups is 2. The third-order valence-electron chi connectivity index (χ3n) is 3.88. The molecule has 0 unspecified atom stereocenters. The van der Waals surface area contributed by atoms with E-state index in [1.54, 1.807) is 31.2 Å². The van der Waals surface area contributed by atoms with Crippen LogP contribution in [0.3, 0.4) is 0 Å². The molecule has 0 saturated carbocycles. The number of hydrogen-bond acceptors (Lipinski definition) is 5. The molecule has 144 valence electrons. The molecule has 0 aliphatic heterocycles. The van der Waals surface area contributed by atoms with Crippen LogP contribution in [0, 0.1) is 0 Å². The molecule has 2 aromatic carbocycles. The summed E-state index contributed by atoms with van der Waals surface area (Å²) < 4.78 is 2.18. The fraction of sp³-hybridized carbons (Fsp3) is 0.158. The van der Waals surface area contributed by atoms with Crippen LogP contribution in [0.15, 0.2) is 62.7 Å². The first-order valence-corrected chi connectivity index (χ1v) is 10.2. The Hall–Kier alpha value is -2.65. The van der Waals surface area contributed by atoms with Crippen LogP contribution in [0.25, 0.3) is 10.8 Å². The number of hydrogen-bond donors (Lipinski definition) is 2. The topological polar surface area (TPSA) is 93.1 Å². The van der Waals surface area contributed by atoms with Crippen LogP contribution in [0.5, 0.6) is 0 Å². The molecule has 0 fully saturated rings. The molecule has 2 N–H and O–H groups in total. The quantitative estimate of drug-likeness (QED) is 0.450. The molecule has 0 aliphatic carbocycles. The monoisotopic (exact) mass is 460 g/mol. The van der Waals surface area contributed by atoms with Gasteiger partial charge in [0.05, 0.1) is 11.1 Å². The van der Waals surface area contributed by atoms with Gasteiger partial charge in [-0.05, 0) is 37.3 Å². The molecule has 0 atom stereocenters. The zero-order chi connectivity index (χ0) is 20.1. The van der Waals surface area contributed by atoms with Gasteiger partial charge in [-0.2, -0.15) is 5.10 Å². The Morgan fingerprint density at radius 3 is 2.43 bits per heavy atom. The molecule has 2 amide bonds. The maximum Gasteiger partial charge on any atom is 0.290 e. The van der Waals surface area contributed by atoms with Gasteiger partial charge in [0.1, 0.15) is 0 Å². The van der Waals surface area contributed by atoms with Crippen molar-refractivity contribution in [3.63, 3.8) is 0 Å². The second-order valence-electron chi connectivity index (χ2n) is 5.76. The van der Waals surface area contributed by atoms with E-state index in [1.165, 1.54) is 16.4 Å². The average molecular weight is 461 g/mol. The Labute approximate surface area is 173 Å². The van der Waals surface area contributed by atoms with Crippen LogP contribution in [0.4, 0.5) is 0 Å². The lowest BCUT2D eigenvalue weighted by atomic mass is 10.1. The highest BCUT2D eigenvalue weighted by molar-refractivity contribution is 9.10. The SMILES string of the molecule is CCn1nc(C(=O)NNC(=O)CSc2ccc(Br)cc2)c2ccccc2c1=O. The number of nitrogens with one attached hydrogen (secondary N) is 2. The minimum absolute atomic E-state index is 0.0814. The van der Waals surface area contributed by atoms with Crippen molar-refractivity contribution in [2.45, 2.75) is 18.4 Å². The average Bonchev–Trinajstić information content (AvgIpc) is 2.72. The van der Waals surface area contributed by atoms with Crippen molar-refractivity contribution >= 4 is 50.3 Å². The van der Waals surface area contributed by atoms with Crippen molar-refractivity contribution in [2.24, 2.45) is 0 Å². The highest BCUT2D eigenvalue weighted by Gasteiger charge is 2.16. The van der Waals surface area contributed by atoms with Gasteiger partial charge >= 0.3 is 0 Å². The normalized spacial score (nSPS) is 10.6. The van der Waals surface area contributed by atoms with Gasteiger partial charge in [-0.3, -0.25) is 25.2 Å². The highest BCUT2D eigenvalue weighted by Crippen LogP contribution is 2.20. The third-order valence-corrected chi connectivity index (χ3v) is 5.42. The summed E-state index contributed by atoms with van der Waals surface area (Å²) in [5.41, 5.74) is 4.57. The predicted molar refractivity (Wildman–Crippen MR) is 112 cm³/mol. The number of benzene rings is 2. The van der Waals surface area contributed by atoms with Gasteiger partial charge in [-0.25, -0.2) is 4.68 Å². The van der Waals surface area contributed by atoms with Crippen molar-refractivity contribution in [3.05, 3.63) is 69.1 Å². The Balaban J connectivity index is 1.68. The van der Waals surface area contributed by atoms with E-state index in [0.29, 0.717) is 17.3 Å². The van der Waals surface area contributed by atoms with Gasteiger partial charge in [0.2, 0.25) is 5.91 Å². The lowest BCUT2D eigenvalue weighted by Gasteiger charge is -2.11. The molecule has 28 heavy (non-hydrogen) atoms. The van der Waals surface area contributed by atoms with E-state index in [-0.39, 0.29) is 22.9 Å². The van der Waals surface area contributed by atoms with E-state index in [1.807, 2.05) is 24.3 Å². The van der Waals surface area contributed by atoms with Crippen molar-refractivity contribution < 1.29 is 9.59 Å². The minimum Gasteiger partial charge on any atom is -0.272 e. The van der Waals surface area contributed by atoms with Crippen LogP contribution in [0.1, 0.15) is 17.4 Å². The van der Waals surface area contributed by atoms with Crippen molar-refractivity contribution in [1.82, 2.24) is 20.6 Å². The Morgan fingerprint density at radius 2 is 1.75 bits per heavy atom. The number of rotatable bonds is 5. The Bertz CT molecular complexity index is 1080. The number of aromatic nitrogens is 2. The zero-order valence-corrected chi connectivity index (χ0v) is 17.3. The fourth-order valence-electron chi connectivity index (χ4n) is 2.52. The summed E-state index contributed by atoms with van der Waals surface area (Å²) >= 11 is 4.71. The third kappa shape index (κ3) is 4.60. The highest BCUT2D eigenvalue weighted by atomic mass is 79.9. The van der Waals surface area contributed by atoms with Gasteiger partial charge in [-0.1, -0.05) is 34.1 Å². The first-order chi connectivity index (χ1) is 13.5. The van der Waals surface area contributed by atoms with Crippen LogP contribution in [-0.2, 0) is 11.3 Å². The van der Waals surface area contributed by atoms with Gasteiger partial charge < -0.3 is 0 Å². The van der Waals surface area contributed by atoms with Gasteiger partial charge in [0, 0.05) is 21.3 Å². The van der Waals surface area contributed by atoms with E-state index in [4.69, 9.17) is 0 Å². The number of amides is 2. The van der Waals surface area contributed by atoms with Crippen molar-refractivity contribution in [1.29, 1.82) is 0 Å². The molecule has 7 nitrogen and oxygen atoms in total. The molecule has 0 bridgehead atoms. The first kappa shape index (κ1) is 20.1. The Kier molecular flexibility index (Phi) is 6.48. The minimum atomic E-state index is -0.583. The van der Waals surface area contributed by atoms with E-state index >= 15 is 0 Å². The lowest BCUT2D eigenvalue weighted by Crippen LogP contribution is -2.43. The molecule has 9 heteroatoms.